The SMILES string of the molecule is Cc1c(C(C(=O)O)N(C=O)C(C)C)cnn1C. The molecular weight excluding hydrogens is 222 g/mol. The van der Waals surface area contributed by atoms with Crippen molar-refractivity contribution in [1.29, 1.82) is 0 Å². The zero-order valence-electron chi connectivity index (χ0n) is 10.4. The van der Waals surface area contributed by atoms with Gasteiger partial charge in [-0.05, 0) is 20.8 Å². The predicted molar refractivity (Wildman–Crippen MR) is 61.4 cm³/mol. The molecule has 0 aliphatic heterocycles. The largest absolute Gasteiger partial charge is 0.479 e. The summed E-state index contributed by atoms with van der Waals surface area (Å²) < 4.78 is 1.59. The monoisotopic (exact) mass is 239 g/mol. The number of carbonyl (C=O) groups is 2. The van der Waals surface area contributed by atoms with E-state index in [9.17, 15) is 14.7 Å². The van der Waals surface area contributed by atoms with Crippen LogP contribution < -0.4 is 0 Å². The fraction of sp³-hybridized carbons (Fsp3) is 0.545. The second-order valence-corrected chi connectivity index (χ2v) is 4.20. The van der Waals surface area contributed by atoms with Crippen molar-refractivity contribution in [3.8, 4) is 0 Å². The van der Waals surface area contributed by atoms with Gasteiger partial charge in [0, 0.05) is 24.3 Å². The molecule has 0 saturated heterocycles. The van der Waals surface area contributed by atoms with Crippen LogP contribution in [0.1, 0.15) is 31.1 Å². The van der Waals surface area contributed by atoms with Crippen LogP contribution in [0.2, 0.25) is 0 Å². The van der Waals surface area contributed by atoms with Crippen LogP contribution in [0, 0.1) is 6.92 Å². The molecule has 17 heavy (non-hydrogen) atoms. The van der Waals surface area contributed by atoms with Crippen LogP contribution in [0.3, 0.4) is 0 Å². The molecule has 6 heteroatoms. The first-order valence-corrected chi connectivity index (χ1v) is 5.34. The number of aryl methyl sites for hydroxylation is 1. The minimum Gasteiger partial charge on any atom is -0.479 e. The van der Waals surface area contributed by atoms with Gasteiger partial charge in [-0.25, -0.2) is 4.79 Å². The summed E-state index contributed by atoms with van der Waals surface area (Å²) in [5, 5.41) is 13.3. The van der Waals surface area contributed by atoms with Gasteiger partial charge >= 0.3 is 5.97 Å². The van der Waals surface area contributed by atoms with Gasteiger partial charge in [-0.3, -0.25) is 9.48 Å². The van der Waals surface area contributed by atoms with E-state index in [1.807, 2.05) is 0 Å². The van der Waals surface area contributed by atoms with Crippen LogP contribution in [0.5, 0.6) is 0 Å². The minimum absolute atomic E-state index is 0.187. The van der Waals surface area contributed by atoms with E-state index < -0.39 is 12.0 Å². The molecule has 0 saturated carbocycles. The average Bonchev–Trinajstić information content (AvgIpc) is 2.55. The number of hydrogen-bond donors (Lipinski definition) is 1. The first kappa shape index (κ1) is 13.2. The highest BCUT2D eigenvalue weighted by Gasteiger charge is 2.31. The molecule has 1 unspecified atom stereocenters. The average molecular weight is 239 g/mol. The zero-order chi connectivity index (χ0) is 13.2. The molecule has 0 aromatic carbocycles. The number of amides is 1. The van der Waals surface area contributed by atoms with Crippen molar-refractivity contribution in [2.45, 2.75) is 32.9 Å². The van der Waals surface area contributed by atoms with Gasteiger partial charge in [-0.15, -0.1) is 0 Å². The molecule has 0 spiro atoms. The molecule has 0 radical (unpaired) electrons. The van der Waals surface area contributed by atoms with Gasteiger partial charge in [-0.2, -0.15) is 5.10 Å². The topological polar surface area (TPSA) is 75.4 Å². The molecule has 1 amide bonds. The lowest BCUT2D eigenvalue weighted by atomic mass is 10.1. The Kier molecular flexibility index (Phi) is 3.88. The molecule has 0 fully saturated rings. The summed E-state index contributed by atoms with van der Waals surface area (Å²) in [6.07, 6.45) is 2.06. The van der Waals surface area contributed by atoms with Crippen LogP contribution in [0.15, 0.2) is 6.20 Å². The van der Waals surface area contributed by atoms with Crippen LogP contribution in [-0.2, 0) is 16.6 Å². The zero-order valence-corrected chi connectivity index (χ0v) is 10.4. The van der Waals surface area contributed by atoms with Crippen LogP contribution in [-0.4, -0.2) is 38.2 Å². The fourth-order valence-corrected chi connectivity index (χ4v) is 1.69. The second-order valence-electron chi connectivity index (χ2n) is 4.20. The van der Waals surface area contributed by atoms with Gasteiger partial charge in [0.2, 0.25) is 6.41 Å². The summed E-state index contributed by atoms with van der Waals surface area (Å²) in [4.78, 5) is 23.6. The van der Waals surface area contributed by atoms with Crippen molar-refractivity contribution in [2.24, 2.45) is 7.05 Å². The number of hydrogen-bond acceptors (Lipinski definition) is 3. The second kappa shape index (κ2) is 4.99. The Labute approximate surface area is 99.8 Å². The highest BCUT2D eigenvalue weighted by Crippen LogP contribution is 2.24. The summed E-state index contributed by atoms with van der Waals surface area (Å²) in [6.45, 7) is 5.33. The van der Waals surface area contributed by atoms with Gasteiger partial charge < -0.3 is 10.0 Å². The third-order valence-electron chi connectivity index (χ3n) is 2.82. The van der Waals surface area contributed by atoms with Crippen molar-refractivity contribution in [2.75, 3.05) is 0 Å². The van der Waals surface area contributed by atoms with Gasteiger partial charge in [0.1, 0.15) is 0 Å². The smallest absolute Gasteiger partial charge is 0.331 e. The van der Waals surface area contributed by atoms with Crippen molar-refractivity contribution in [3.63, 3.8) is 0 Å². The molecule has 0 bridgehead atoms. The Morgan fingerprint density at radius 1 is 1.59 bits per heavy atom. The third kappa shape index (κ3) is 2.46. The molecule has 1 rings (SSSR count). The van der Waals surface area contributed by atoms with E-state index in [0.717, 1.165) is 5.69 Å². The molecule has 1 atom stereocenters. The predicted octanol–water partition coefficient (Wildman–Crippen LogP) is 0.721. The van der Waals surface area contributed by atoms with Crippen molar-refractivity contribution in [1.82, 2.24) is 14.7 Å². The molecule has 1 aromatic rings. The maximum absolute atomic E-state index is 11.3. The van der Waals surface area contributed by atoms with Gasteiger partial charge in [0.15, 0.2) is 6.04 Å². The normalized spacial score (nSPS) is 12.5. The minimum atomic E-state index is -1.05. The number of aromatic nitrogens is 2. The molecule has 6 nitrogen and oxygen atoms in total. The highest BCUT2D eigenvalue weighted by atomic mass is 16.4. The molecule has 1 aromatic heterocycles. The standard InChI is InChI=1S/C11H17N3O3/c1-7(2)14(6-15)10(11(16)17)9-5-12-13(4)8(9)3/h5-7,10H,1-4H3,(H,16,17). The summed E-state index contributed by atoms with van der Waals surface area (Å²) in [5.41, 5.74) is 1.28. The maximum atomic E-state index is 11.3. The number of carboxylic acids is 1. The maximum Gasteiger partial charge on any atom is 0.331 e. The lowest BCUT2D eigenvalue weighted by Crippen LogP contribution is -2.38. The number of rotatable bonds is 5. The quantitative estimate of drug-likeness (QED) is 0.768. The van der Waals surface area contributed by atoms with E-state index >= 15 is 0 Å². The Morgan fingerprint density at radius 3 is 2.47 bits per heavy atom. The van der Waals surface area contributed by atoms with E-state index in [4.69, 9.17) is 0 Å². The summed E-state index contributed by atoms with van der Waals surface area (Å²) in [7, 11) is 1.73. The van der Waals surface area contributed by atoms with Gasteiger partial charge in [0.05, 0.1) is 6.20 Å². The van der Waals surface area contributed by atoms with Crippen LogP contribution in [0.4, 0.5) is 0 Å². The summed E-state index contributed by atoms with van der Waals surface area (Å²) in [6, 6.07) is -1.17. The Morgan fingerprint density at radius 2 is 2.18 bits per heavy atom. The number of carboxylic acid groups (broad SMARTS) is 1. The van der Waals surface area contributed by atoms with E-state index in [-0.39, 0.29) is 6.04 Å². The molecule has 1 heterocycles. The van der Waals surface area contributed by atoms with Crippen LogP contribution in [0.25, 0.3) is 0 Å². The van der Waals surface area contributed by atoms with Gasteiger partial charge in [0.25, 0.3) is 0 Å². The Balaban J connectivity index is 3.22. The molecule has 0 aliphatic carbocycles. The number of nitrogens with zero attached hydrogens (tertiary/aromatic N) is 3. The van der Waals surface area contributed by atoms with Crippen molar-refractivity contribution >= 4 is 12.4 Å². The fourth-order valence-electron chi connectivity index (χ4n) is 1.69. The summed E-state index contributed by atoms with van der Waals surface area (Å²) >= 11 is 0. The first-order chi connectivity index (χ1) is 7.90. The lowest BCUT2D eigenvalue weighted by molar-refractivity contribution is -0.148. The van der Waals surface area contributed by atoms with E-state index in [0.29, 0.717) is 12.0 Å². The van der Waals surface area contributed by atoms with E-state index in [2.05, 4.69) is 5.10 Å². The van der Waals surface area contributed by atoms with E-state index in [1.165, 1.54) is 11.1 Å². The molecule has 1 N–H and O–H groups in total. The van der Waals surface area contributed by atoms with Crippen molar-refractivity contribution in [3.05, 3.63) is 17.5 Å². The number of carbonyl (C=O) groups excluding carboxylic acids is 1. The highest BCUT2D eigenvalue weighted by molar-refractivity contribution is 5.78. The molecular formula is C11H17N3O3. The number of aliphatic carboxylic acids is 1. The third-order valence-corrected chi connectivity index (χ3v) is 2.82. The lowest BCUT2D eigenvalue weighted by Gasteiger charge is -2.28. The molecule has 0 aliphatic rings. The van der Waals surface area contributed by atoms with Gasteiger partial charge in [-0.1, -0.05) is 0 Å². The van der Waals surface area contributed by atoms with E-state index in [1.54, 1.807) is 32.5 Å². The Hall–Kier alpha value is -1.85. The van der Waals surface area contributed by atoms with Crippen molar-refractivity contribution < 1.29 is 14.7 Å². The Bertz CT molecular complexity index is 426. The summed E-state index contributed by atoms with van der Waals surface area (Å²) in [5.74, 6) is -1.05. The molecule has 94 valence electrons. The first-order valence-electron chi connectivity index (χ1n) is 5.34. The van der Waals surface area contributed by atoms with Crippen LogP contribution >= 0.6 is 0 Å².